The van der Waals surface area contributed by atoms with E-state index in [4.69, 9.17) is 6.42 Å². The molecule has 140 valence electrons. The normalized spacial score (nSPS) is 11.0. The standard InChI is InChI=1S/C20H18N6O2/c1-4-8-21-20(28)18-12(3)24-26-17(27)10-15(23-19(18)26)13-6-7-16-14(9-13)11-22-25(16)5-2/h1,6-7,9-11,24H,5,8H2,2-3H3,(H,21,28). The molecule has 3 heterocycles. The number of hydrogen-bond donors (Lipinski definition) is 2. The van der Waals surface area contributed by atoms with Gasteiger partial charge in [-0.25, -0.2) is 9.50 Å². The largest absolute Gasteiger partial charge is 0.341 e. The maximum atomic E-state index is 12.6. The lowest BCUT2D eigenvalue weighted by Crippen LogP contribution is -2.24. The van der Waals surface area contributed by atoms with Crippen molar-refractivity contribution < 1.29 is 4.79 Å². The molecule has 0 aliphatic carbocycles. The predicted molar refractivity (Wildman–Crippen MR) is 106 cm³/mol. The number of rotatable bonds is 4. The van der Waals surface area contributed by atoms with Crippen molar-refractivity contribution in [3.05, 3.63) is 52.1 Å². The van der Waals surface area contributed by atoms with Crippen LogP contribution in [0.25, 0.3) is 27.8 Å². The van der Waals surface area contributed by atoms with Gasteiger partial charge < -0.3 is 5.32 Å². The number of amides is 1. The molecular formula is C20H18N6O2. The van der Waals surface area contributed by atoms with Gasteiger partial charge in [0.25, 0.3) is 11.5 Å². The van der Waals surface area contributed by atoms with Crippen LogP contribution in [-0.2, 0) is 6.54 Å². The molecule has 1 amide bonds. The zero-order valence-electron chi connectivity index (χ0n) is 15.5. The number of benzene rings is 1. The summed E-state index contributed by atoms with van der Waals surface area (Å²) in [6, 6.07) is 7.22. The van der Waals surface area contributed by atoms with E-state index in [1.54, 1.807) is 13.1 Å². The third-order valence-corrected chi connectivity index (χ3v) is 4.61. The minimum atomic E-state index is -0.377. The quantitative estimate of drug-likeness (QED) is 0.532. The molecule has 2 N–H and O–H groups in total. The molecule has 0 saturated carbocycles. The molecule has 8 heteroatoms. The van der Waals surface area contributed by atoms with Crippen molar-refractivity contribution in [3.63, 3.8) is 0 Å². The Balaban J connectivity index is 1.88. The fraction of sp³-hybridized carbons (Fsp3) is 0.200. The zero-order chi connectivity index (χ0) is 19.8. The zero-order valence-corrected chi connectivity index (χ0v) is 15.5. The van der Waals surface area contributed by atoms with E-state index in [0.29, 0.717) is 17.0 Å². The summed E-state index contributed by atoms with van der Waals surface area (Å²) < 4.78 is 3.16. The molecule has 0 atom stereocenters. The van der Waals surface area contributed by atoms with E-state index in [-0.39, 0.29) is 23.7 Å². The average molecular weight is 374 g/mol. The number of fused-ring (bicyclic) bond motifs is 2. The molecule has 3 aromatic heterocycles. The van der Waals surface area contributed by atoms with Gasteiger partial charge in [-0.2, -0.15) is 5.10 Å². The van der Waals surface area contributed by atoms with E-state index >= 15 is 0 Å². The van der Waals surface area contributed by atoms with Crippen molar-refractivity contribution in [2.24, 2.45) is 0 Å². The van der Waals surface area contributed by atoms with Crippen LogP contribution in [-0.4, -0.2) is 36.8 Å². The number of carbonyl (C=O) groups excluding carboxylic acids is 1. The maximum absolute atomic E-state index is 12.6. The molecule has 4 rings (SSSR count). The monoisotopic (exact) mass is 374 g/mol. The molecule has 4 aromatic rings. The fourth-order valence-electron chi connectivity index (χ4n) is 3.29. The second-order valence-corrected chi connectivity index (χ2v) is 6.37. The second-order valence-electron chi connectivity index (χ2n) is 6.37. The van der Waals surface area contributed by atoms with Gasteiger partial charge in [0.15, 0.2) is 5.65 Å². The molecule has 0 radical (unpaired) electrons. The Bertz CT molecular complexity index is 1320. The average Bonchev–Trinajstić information content (AvgIpc) is 3.25. The van der Waals surface area contributed by atoms with Crippen molar-refractivity contribution in [1.82, 2.24) is 29.7 Å². The van der Waals surface area contributed by atoms with Crippen LogP contribution < -0.4 is 10.9 Å². The number of aryl methyl sites for hydroxylation is 2. The number of aromatic amines is 1. The van der Waals surface area contributed by atoms with Gasteiger partial charge in [-0.3, -0.25) is 19.4 Å². The van der Waals surface area contributed by atoms with Crippen LogP contribution in [0, 0.1) is 19.3 Å². The summed E-state index contributed by atoms with van der Waals surface area (Å²) in [7, 11) is 0. The summed E-state index contributed by atoms with van der Waals surface area (Å²) in [5.74, 6) is 1.98. The number of nitrogens with zero attached hydrogens (tertiary/aromatic N) is 4. The number of terminal acetylenes is 1. The lowest BCUT2D eigenvalue weighted by atomic mass is 10.1. The summed E-state index contributed by atoms with van der Waals surface area (Å²) in [6.45, 7) is 4.60. The fourth-order valence-corrected chi connectivity index (χ4v) is 3.29. The number of carbonyl (C=O) groups is 1. The van der Waals surface area contributed by atoms with E-state index in [9.17, 15) is 9.59 Å². The highest BCUT2D eigenvalue weighted by Crippen LogP contribution is 2.24. The van der Waals surface area contributed by atoms with Crippen molar-refractivity contribution in [3.8, 4) is 23.6 Å². The van der Waals surface area contributed by atoms with Crippen LogP contribution in [0.4, 0.5) is 0 Å². The second kappa shape index (κ2) is 6.70. The molecule has 0 aliphatic heterocycles. The predicted octanol–water partition coefficient (Wildman–Crippen LogP) is 1.73. The third kappa shape index (κ3) is 2.74. The number of hydrogen-bond acceptors (Lipinski definition) is 4. The summed E-state index contributed by atoms with van der Waals surface area (Å²) >= 11 is 0. The third-order valence-electron chi connectivity index (χ3n) is 4.61. The minimum Gasteiger partial charge on any atom is -0.341 e. The van der Waals surface area contributed by atoms with Crippen molar-refractivity contribution in [2.75, 3.05) is 6.54 Å². The number of nitrogens with one attached hydrogen (secondary N) is 2. The Morgan fingerprint density at radius 1 is 1.36 bits per heavy atom. The first-order valence-corrected chi connectivity index (χ1v) is 8.83. The highest BCUT2D eigenvalue weighted by atomic mass is 16.2. The van der Waals surface area contributed by atoms with E-state index in [1.807, 2.05) is 29.8 Å². The van der Waals surface area contributed by atoms with Gasteiger partial charge in [0.2, 0.25) is 0 Å². The summed E-state index contributed by atoms with van der Waals surface area (Å²) in [5, 5.41) is 10.8. The van der Waals surface area contributed by atoms with Crippen LogP contribution in [0.1, 0.15) is 23.0 Å². The Hall–Kier alpha value is -3.86. The first-order valence-electron chi connectivity index (χ1n) is 8.83. The van der Waals surface area contributed by atoms with Crippen LogP contribution in [0.15, 0.2) is 35.3 Å². The van der Waals surface area contributed by atoms with Crippen LogP contribution in [0.3, 0.4) is 0 Å². The van der Waals surface area contributed by atoms with Gasteiger partial charge in [0.1, 0.15) is 5.56 Å². The lowest BCUT2D eigenvalue weighted by Gasteiger charge is -2.04. The van der Waals surface area contributed by atoms with E-state index < -0.39 is 0 Å². The summed E-state index contributed by atoms with van der Waals surface area (Å²) in [5.41, 5.74) is 3.07. The molecule has 0 bridgehead atoms. The van der Waals surface area contributed by atoms with Gasteiger partial charge in [-0.1, -0.05) is 12.0 Å². The van der Waals surface area contributed by atoms with E-state index in [1.165, 1.54) is 10.6 Å². The lowest BCUT2D eigenvalue weighted by molar-refractivity contribution is 0.0959. The number of H-pyrrole nitrogens is 1. The Kier molecular flexibility index (Phi) is 4.20. The topological polar surface area (TPSA) is 97.1 Å². The van der Waals surface area contributed by atoms with Crippen molar-refractivity contribution in [1.29, 1.82) is 0 Å². The SMILES string of the molecule is C#CCNC(=O)c1c(C)[nH]n2c(=O)cc(-c3ccc4c(cnn4CC)c3)nc12. The van der Waals surface area contributed by atoms with Gasteiger partial charge in [0.05, 0.1) is 24.0 Å². The molecule has 28 heavy (non-hydrogen) atoms. The van der Waals surface area contributed by atoms with Gasteiger partial charge in [-0.05, 0) is 26.0 Å². The van der Waals surface area contributed by atoms with E-state index in [2.05, 4.69) is 26.4 Å². The maximum Gasteiger partial charge on any atom is 0.273 e. The molecule has 0 saturated heterocycles. The molecule has 1 aromatic carbocycles. The highest BCUT2D eigenvalue weighted by Gasteiger charge is 2.19. The molecule has 0 aliphatic rings. The molecular weight excluding hydrogens is 356 g/mol. The highest BCUT2D eigenvalue weighted by molar-refractivity contribution is 6.01. The first-order chi connectivity index (χ1) is 13.5. The van der Waals surface area contributed by atoms with Gasteiger partial charge in [-0.15, -0.1) is 6.42 Å². The molecule has 0 spiro atoms. The number of aromatic nitrogens is 5. The van der Waals surface area contributed by atoms with Gasteiger partial charge in [0, 0.05) is 29.3 Å². The Labute approximate surface area is 160 Å². The summed E-state index contributed by atoms with van der Waals surface area (Å²) in [4.78, 5) is 29.7. The van der Waals surface area contributed by atoms with Gasteiger partial charge >= 0.3 is 0 Å². The van der Waals surface area contributed by atoms with Crippen LogP contribution in [0.5, 0.6) is 0 Å². The first kappa shape index (κ1) is 17.5. The van der Waals surface area contributed by atoms with Crippen LogP contribution >= 0.6 is 0 Å². The van der Waals surface area contributed by atoms with Crippen molar-refractivity contribution >= 4 is 22.5 Å². The molecule has 0 unspecified atom stereocenters. The smallest absolute Gasteiger partial charge is 0.273 e. The van der Waals surface area contributed by atoms with Crippen molar-refractivity contribution in [2.45, 2.75) is 20.4 Å². The van der Waals surface area contributed by atoms with E-state index in [0.717, 1.165) is 23.0 Å². The molecule has 0 fully saturated rings. The minimum absolute atomic E-state index is 0.0949. The Morgan fingerprint density at radius 3 is 2.93 bits per heavy atom. The molecule has 8 nitrogen and oxygen atoms in total. The summed E-state index contributed by atoms with van der Waals surface area (Å²) in [6.07, 6.45) is 7.00. The Morgan fingerprint density at radius 2 is 2.18 bits per heavy atom. The van der Waals surface area contributed by atoms with Crippen LogP contribution in [0.2, 0.25) is 0 Å².